The number of nitrogens with one attached hydrogen (secondary N) is 1. The van der Waals surface area contributed by atoms with Crippen molar-refractivity contribution >= 4 is 11.6 Å². The molecule has 4 heteroatoms. The van der Waals surface area contributed by atoms with Gasteiger partial charge in [-0.3, -0.25) is 4.79 Å². The third-order valence-electron chi connectivity index (χ3n) is 2.98. The molecule has 0 saturated carbocycles. The van der Waals surface area contributed by atoms with Crippen molar-refractivity contribution in [2.45, 2.75) is 26.7 Å². The summed E-state index contributed by atoms with van der Waals surface area (Å²) in [4.78, 5) is 11.0. The molecule has 0 aromatic heterocycles. The molecule has 17 heavy (non-hydrogen) atoms. The second kappa shape index (κ2) is 6.23. The Hall–Kier alpha value is -1.58. The fourth-order valence-electron chi connectivity index (χ4n) is 1.66. The Morgan fingerprint density at radius 1 is 1.41 bits per heavy atom. The normalized spacial score (nSPS) is 10.6. The second-order valence-electron chi connectivity index (χ2n) is 4.12. The zero-order chi connectivity index (χ0) is 12.8. The average Bonchev–Trinajstić information content (AvgIpc) is 2.32. The minimum absolute atomic E-state index is 0.0699. The number of hydrogen-bond acceptors (Lipinski definition) is 2. The maximum atomic E-state index is 13.2. The number of rotatable bonds is 6. The van der Waals surface area contributed by atoms with Crippen LogP contribution in [0, 0.1) is 11.7 Å². The smallest absolute Gasteiger partial charge is 0.251 e. The van der Waals surface area contributed by atoms with Crippen molar-refractivity contribution < 1.29 is 9.18 Å². The molecular formula is C13H19FN2O. The predicted octanol–water partition coefficient (Wildman–Crippen LogP) is 2.77. The summed E-state index contributed by atoms with van der Waals surface area (Å²) in [7, 11) is 0. The van der Waals surface area contributed by atoms with E-state index in [9.17, 15) is 9.18 Å². The van der Waals surface area contributed by atoms with E-state index in [1.54, 1.807) is 6.07 Å². The highest BCUT2D eigenvalue weighted by Crippen LogP contribution is 2.16. The van der Waals surface area contributed by atoms with Gasteiger partial charge in [-0.05, 0) is 24.1 Å². The van der Waals surface area contributed by atoms with Gasteiger partial charge in [-0.25, -0.2) is 4.39 Å². The molecule has 1 aromatic rings. The first-order valence-corrected chi connectivity index (χ1v) is 5.91. The van der Waals surface area contributed by atoms with Crippen molar-refractivity contribution in [1.29, 1.82) is 0 Å². The minimum Gasteiger partial charge on any atom is -0.385 e. The molecule has 0 atom stereocenters. The zero-order valence-electron chi connectivity index (χ0n) is 10.3. The summed E-state index contributed by atoms with van der Waals surface area (Å²) in [6.07, 6.45) is 2.18. The third-order valence-corrected chi connectivity index (χ3v) is 2.98. The van der Waals surface area contributed by atoms with E-state index < -0.39 is 11.7 Å². The van der Waals surface area contributed by atoms with Gasteiger partial charge in [0, 0.05) is 12.2 Å². The van der Waals surface area contributed by atoms with Crippen molar-refractivity contribution in [2.24, 2.45) is 11.7 Å². The van der Waals surface area contributed by atoms with E-state index in [-0.39, 0.29) is 5.56 Å². The number of carbonyl (C=O) groups is 1. The summed E-state index contributed by atoms with van der Waals surface area (Å²) < 4.78 is 13.2. The van der Waals surface area contributed by atoms with E-state index >= 15 is 0 Å². The maximum Gasteiger partial charge on any atom is 0.251 e. The highest BCUT2D eigenvalue weighted by atomic mass is 19.1. The van der Waals surface area contributed by atoms with Crippen LogP contribution < -0.4 is 11.1 Å². The van der Waals surface area contributed by atoms with Crippen molar-refractivity contribution in [2.75, 3.05) is 11.9 Å². The van der Waals surface area contributed by atoms with E-state index in [1.165, 1.54) is 12.1 Å². The first-order chi connectivity index (χ1) is 8.08. The molecule has 0 bridgehead atoms. The fraction of sp³-hybridized carbons (Fsp3) is 0.462. The van der Waals surface area contributed by atoms with Crippen LogP contribution >= 0.6 is 0 Å². The van der Waals surface area contributed by atoms with Crippen LogP contribution in [0.4, 0.5) is 10.1 Å². The lowest BCUT2D eigenvalue weighted by molar-refractivity contribution is 0.0996. The molecule has 0 radical (unpaired) electrons. The van der Waals surface area contributed by atoms with Crippen LogP contribution in [0.15, 0.2) is 18.2 Å². The van der Waals surface area contributed by atoms with E-state index in [0.717, 1.165) is 25.1 Å². The molecule has 0 saturated heterocycles. The Morgan fingerprint density at radius 3 is 2.59 bits per heavy atom. The van der Waals surface area contributed by atoms with E-state index in [0.29, 0.717) is 5.92 Å². The summed E-state index contributed by atoms with van der Waals surface area (Å²) in [5.74, 6) is -0.739. The molecule has 1 aromatic carbocycles. The average molecular weight is 238 g/mol. The number of nitrogens with two attached hydrogens (primary N) is 1. The standard InChI is InChI=1S/C13H19FN2O/c1-3-9(4-2)8-16-10-5-6-12(14)11(7-10)13(15)17/h5-7,9,16H,3-4,8H2,1-2H3,(H2,15,17). The van der Waals surface area contributed by atoms with Crippen LogP contribution in [-0.4, -0.2) is 12.5 Å². The Balaban J connectivity index is 2.72. The number of amides is 1. The van der Waals surface area contributed by atoms with Crippen LogP contribution in [0.2, 0.25) is 0 Å². The monoisotopic (exact) mass is 238 g/mol. The lowest BCUT2D eigenvalue weighted by Crippen LogP contribution is -2.15. The van der Waals surface area contributed by atoms with Crippen LogP contribution in [0.25, 0.3) is 0 Å². The molecule has 0 unspecified atom stereocenters. The van der Waals surface area contributed by atoms with Gasteiger partial charge in [-0.1, -0.05) is 26.7 Å². The number of halogens is 1. The van der Waals surface area contributed by atoms with Crippen LogP contribution in [0.5, 0.6) is 0 Å². The molecule has 1 rings (SSSR count). The first kappa shape index (κ1) is 13.5. The number of benzene rings is 1. The van der Waals surface area contributed by atoms with Crippen molar-refractivity contribution in [3.63, 3.8) is 0 Å². The molecule has 0 fully saturated rings. The number of carbonyl (C=O) groups excluding carboxylic acids is 1. The summed E-state index contributed by atoms with van der Waals surface area (Å²) in [6.45, 7) is 5.08. The predicted molar refractivity (Wildman–Crippen MR) is 67.5 cm³/mol. The molecule has 0 aliphatic heterocycles. The van der Waals surface area contributed by atoms with Gasteiger partial charge < -0.3 is 11.1 Å². The van der Waals surface area contributed by atoms with Gasteiger partial charge in [0.1, 0.15) is 5.82 Å². The third kappa shape index (κ3) is 3.73. The van der Waals surface area contributed by atoms with Gasteiger partial charge in [0.15, 0.2) is 0 Å². The topological polar surface area (TPSA) is 55.1 Å². The van der Waals surface area contributed by atoms with Crippen molar-refractivity contribution in [1.82, 2.24) is 0 Å². The number of primary amides is 1. The summed E-state index contributed by atoms with van der Waals surface area (Å²) in [6, 6.07) is 4.33. The first-order valence-electron chi connectivity index (χ1n) is 5.91. The van der Waals surface area contributed by atoms with Gasteiger partial charge >= 0.3 is 0 Å². The van der Waals surface area contributed by atoms with E-state index in [1.807, 2.05) is 0 Å². The van der Waals surface area contributed by atoms with Crippen LogP contribution in [0.3, 0.4) is 0 Å². The Labute approximate surface area is 101 Å². The number of anilines is 1. The number of hydrogen-bond donors (Lipinski definition) is 2. The van der Waals surface area contributed by atoms with Gasteiger partial charge in [0.2, 0.25) is 0 Å². The minimum atomic E-state index is -0.742. The molecule has 1 amide bonds. The Kier molecular flexibility index (Phi) is 4.94. The second-order valence-corrected chi connectivity index (χ2v) is 4.12. The van der Waals surface area contributed by atoms with E-state index in [2.05, 4.69) is 19.2 Å². The van der Waals surface area contributed by atoms with Crippen LogP contribution in [0.1, 0.15) is 37.0 Å². The fourth-order valence-corrected chi connectivity index (χ4v) is 1.66. The summed E-state index contributed by atoms with van der Waals surface area (Å²) in [5.41, 5.74) is 5.74. The van der Waals surface area contributed by atoms with Gasteiger partial charge in [-0.2, -0.15) is 0 Å². The van der Waals surface area contributed by atoms with E-state index in [4.69, 9.17) is 5.73 Å². The lowest BCUT2D eigenvalue weighted by Gasteiger charge is -2.14. The SMILES string of the molecule is CCC(CC)CNc1ccc(F)c(C(N)=O)c1. The largest absolute Gasteiger partial charge is 0.385 e. The van der Waals surface area contributed by atoms with Crippen molar-refractivity contribution in [3.8, 4) is 0 Å². The summed E-state index contributed by atoms with van der Waals surface area (Å²) in [5, 5.41) is 3.19. The Morgan fingerprint density at radius 2 is 2.06 bits per heavy atom. The quantitative estimate of drug-likeness (QED) is 0.800. The van der Waals surface area contributed by atoms with Crippen LogP contribution in [-0.2, 0) is 0 Å². The van der Waals surface area contributed by atoms with Gasteiger partial charge in [0.25, 0.3) is 5.91 Å². The highest BCUT2D eigenvalue weighted by molar-refractivity contribution is 5.94. The molecular weight excluding hydrogens is 219 g/mol. The van der Waals surface area contributed by atoms with Crippen molar-refractivity contribution in [3.05, 3.63) is 29.6 Å². The van der Waals surface area contributed by atoms with Gasteiger partial charge in [0.05, 0.1) is 5.56 Å². The lowest BCUT2D eigenvalue weighted by atomic mass is 10.0. The maximum absolute atomic E-state index is 13.2. The zero-order valence-corrected chi connectivity index (χ0v) is 10.3. The molecule has 3 nitrogen and oxygen atoms in total. The molecule has 0 spiro atoms. The Bertz CT molecular complexity index is 389. The molecule has 0 aliphatic carbocycles. The molecule has 0 heterocycles. The molecule has 3 N–H and O–H groups in total. The van der Waals surface area contributed by atoms with Gasteiger partial charge in [-0.15, -0.1) is 0 Å². The highest BCUT2D eigenvalue weighted by Gasteiger charge is 2.09. The molecule has 0 aliphatic rings. The molecule has 94 valence electrons. The summed E-state index contributed by atoms with van der Waals surface area (Å²) >= 11 is 0.